The van der Waals surface area contributed by atoms with Gasteiger partial charge in [-0.25, -0.2) is 0 Å². The van der Waals surface area contributed by atoms with Crippen molar-refractivity contribution in [2.75, 3.05) is 19.8 Å². The van der Waals surface area contributed by atoms with Crippen LogP contribution in [0.4, 0.5) is 0 Å². The van der Waals surface area contributed by atoms with E-state index in [0.29, 0.717) is 19.1 Å². The Balaban J connectivity index is 1.86. The molecular weight excluding hydrogens is 380 g/mol. The SMILES string of the molecule is C[C@H](CCO[Si](C)(C)C(C)(C)C)[C@@H](COCc1ccccc1)OC1CCCCO1. The highest BCUT2D eigenvalue weighted by molar-refractivity contribution is 6.74. The monoisotopic (exact) mass is 422 g/mol. The summed E-state index contributed by atoms with van der Waals surface area (Å²) >= 11 is 0. The van der Waals surface area contributed by atoms with E-state index in [1.165, 1.54) is 12.0 Å². The van der Waals surface area contributed by atoms with E-state index in [-0.39, 0.29) is 17.4 Å². The van der Waals surface area contributed by atoms with Crippen LogP contribution in [0.15, 0.2) is 30.3 Å². The molecule has 0 radical (unpaired) electrons. The Morgan fingerprint density at radius 1 is 1.14 bits per heavy atom. The smallest absolute Gasteiger partial charge is 0.191 e. The van der Waals surface area contributed by atoms with Crippen LogP contribution < -0.4 is 0 Å². The van der Waals surface area contributed by atoms with Crippen LogP contribution in [0.2, 0.25) is 18.1 Å². The second-order valence-corrected chi connectivity index (χ2v) is 14.7. The molecule has 2 rings (SSSR count). The van der Waals surface area contributed by atoms with Gasteiger partial charge in [-0.15, -0.1) is 0 Å². The zero-order chi connectivity index (χ0) is 21.3. The van der Waals surface area contributed by atoms with Crippen LogP contribution in [-0.4, -0.2) is 40.5 Å². The molecule has 0 spiro atoms. The van der Waals surface area contributed by atoms with Crippen molar-refractivity contribution in [1.82, 2.24) is 0 Å². The molecule has 0 aromatic heterocycles. The van der Waals surface area contributed by atoms with Crippen LogP contribution in [0.1, 0.15) is 58.9 Å². The first-order chi connectivity index (χ1) is 13.7. The van der Waals surface area contributed by atoms with Crippen LogP contribution >= 0.6 is 0 Å². The van der Waals surface area contributed by atoms with Gasteiger partial charge in [-0.05, 0) is 55.3 Å². The summed E-state index contributed by atoms with van der Waals surface area (Å²) in [6.07, 6.45) is 4.17. The molecule has 0 N–H and O–H groups in total. The number of hydrogen-bond donors (Lipinski definition) is 0. The van der Waals surface area contributed by atoms with Gasteiger partial charge in [0.05, 0.1) is 19.3 Å². The molecule has 1 saturated heterocycles. The van der Waals surface area contributed by atoms with Crippen molar-refractivity contribution in [3.05, 3.63) is 35.9 Å². The van der Waals surface area contributed by atoms with Gasteiger partial charge in [0, 0.05) is 13.2 Å². The maximum atomic E-state index is 6.39. The Kier molecular flexibility index (Phi) is 9.83. The zero-order valence-corrected chi connectivity index (χ0v) is 20.4. The van der Waals surface area contributed by atoms with Gasteiger partial charge in [-0.3, -0.25) is 0 Å². The third-order valence-electron chi connectivity index (χ3n) is 6.34. The van der Waals surface area contributed by atoms with Crippen LogP contribution in [0, 0.1) is 5.92 Å². The number of hydrogen-bond acceptors (Lipinski definition) is 4. The molecule has 1 aromatic carbocycles. The van der Waals surface area contributed by atoms with Crippen molar-refractivity contribution in [2.45, 2.75) is 90.5 Å². The Morgan fingerprint density at radius 2 is 1.86 bits per heavy atom. The van der Waals surface area contributed by atoms with Crippen molar-refractivity contribution < 1.29 is 18.6 Å². The molecule has 4 nitrogen and oxygen atoms in total. The lowest BCUT2D eigenvalue weighted by Gasteiger charge is -2.37. The van der Waals surface area contributed by atoms with E-state index >= 15 is 0 Å². The van der Waals surface area contributed by atoms with Crippen molar-refractivity contribution >= 4 is 8.32 Å². The molecule has 1 unspecified atom stereocenters. The maximum absolute atomic E-state index is 6.39. The minimum Gasteiger partial charge on any atom is -0.417 e. The average Bonchev–Trinajstić information content (AvgIpc) is 2.68. The Morgan fingerprint density at radius 3 is 2.48 bits per heavy atom. The molecule has 1 heterocycles. The lowest BCUT2D eigenvalue weighted by molar-refractivity contribution is -0.209. The van der Waals surface area contributed by atoms with E-state index in [0.717, 1.165) is 32.5 Å². The highest BCUT2D eigenvalue weighted by Gasteiger charge is 2.37. The number of rotatable bonds is 11. The molecule has 0 amide bonds. The van der Waals surface area contributed by atoms with Gasteiger partial charge >= 0.3 is 0 Å². The largest absolute Gasteiger partial charge is 0.417 e. The fourth-order valence-corrected chi connectivity index (χ4v) is 4.18. The summed E-state index contributed by atoms with van der Waals surface area (Å²) in [5, 5.41) is 0.237. The molecular formula is C24H42O4Si. The minimum absolute atomic E-state index is 0.0184. The summed E-state index contributed by atoms with van der Waals surface area (Å²) < 4.78 is 24.6. The maximum Gasteiger partial charge on any atom is 0.191 e. The average molecular weight is 423 g/mol. The highest BCUT2D eigenvalue weighted by Crippen LogP contribution is 2.36. The van der Waals surface area contributed by atoms with Crippen LogP contribution in [0.5, 0.6) is 0 Å². The molecule has 0 saturated carbocycles. The molecule has 3 atom stereocenters. The fraction of sp³-hybridized carbons (Fsp3) is 0.750. The van der Waals surface area contributed by atoms with Crippen molar-refractivity contribution in [3.63, 3.8) is 0 Å². The Labute approximate surface area is 179 Å². The first-order valence-electron chi connectivity index (χ1n) is 11.2. The predicted molar refractivity (Wildman–Crippen MR) is 121 cm³/mol. The summed E-state index contributed by atoms with van der Waals surface area (Å²) in [5.41, 5.74) is 1.19. The van der Waals surface area contributed by atoms with Gasteiger partial charge in [0.15, 0.2) is 14.6 Å². The third kappa shape index (κ3) is 8.50. The topological polar surface area (TPSA) is 36.9 Å². The predicted octanol–water partition coefficient (Wildman–Crippen LogP) is 6.16. The van der Waals surface area contributed by atoms with Gasteiger partial charge in [0.1, 0.15) is 0 Å². The lowest BCUT2D eigenvalue weighted by Crippen LogP contribution is -2.41. The molecule has 166 valence electrons. The molecule has 1 aliphatic rings. The van der Waals surface area contributed by atoms with E-state index in [9.17, 15) is 0 Å². The summed E-state index contributed by atoms with van der Waals surface area (Å²) in [6.45, 7) is 16.5. The zero-order valence-electron chi connectivity index (χ0n) is 19.4. The van der Waals surface area contributed by atoms with Crippen LogP contribution in [0.25, 0.3) is 0 Å². The van der Waals surface area contributed by atoms with E-state index in [1.807, 2.05) is 18.2 Å². The van der Waals surface area contributed by atoms with Gasteiger partial charge in [-0.1, -0.05) is 58.0 Å². The standard InChI is InChI=1S/C24H42O4Si/c1-20(15-17-27-29(5,6)24(2,3)4)22(28-23-14-10-11-16-26-23)19-25-18-21-12-8-7-9-13-21/h7-9,12-13,20,22-23H,10-11,14-19H2,1-6H3/t20-,22-,23?/m1/s1. The number of ether oxygens (including phenoxy) is 3. The summed E-state index contributed by atoms with van der Waals surface area (Å²) in [7, 11) is -1.72. The van der Waals surface area contributed by atoms with Gasteiger partial charge < -0.3 is 18.6 Å². The first-order valence-corrected chi connectivity index (χ1v) is 14.1. The molecule has 5 heteroatoms. The van der Waals surface area contributed by atoms with E-state index in [2.05, 4.69) is 52.9 Å². The van der Waals surface area contributed by atoms with Gasteiger partial charge in [-0.2, -0.15) is 0 Å². The Hall–Kier alpha value is -0.723. The van der Waals surface area contributed by atoms with Crippen LogP contribution in [0.3, 0.4) is 0 Å². The fourth-order valence-electron chi connectivity index (χ4n) is 3.12. The number of benzene rings is 1. The lowest BCUT2D eigenvalue weighted by atomic mass is 10.0. The van der Waals surface area contributed by atoms with Gasteiger partial charge in [0.2, 0.25) is 0 Å². The van der Waals surface area contributed by atoms with E-state index < -0.39 is 8.32 Å². The second kappa shape index (κ2) is 11.6. The van der Waals surface area contributed by atoms with Gasteiger partial charge in [0.25, 0.3) is 0 Å². The second-order valence-electron chi connectivity index (χ2n) is 9.85. The van der Waals surface area contributed by atoms with E-state index in [1.54, 1.807) is 0 Å². The molecule has 1 fully saturated rings. The third-order valence-corrected chi connectivity index (χ3v) is 10.9. The molecule has 1 aliphatic heterocycles. The van der Waals surface area contributed by atoms with Crippen LogP contribution in [-0.2, 0) is 25.2 Å². The van der Waals surface area contributed by atoms with Crippen molar-refractivity contribution in [3.8, 4) is 0 Å². The summed E-state index contributed by atoms with van der Waals surface area (Å²) in [4.78, 5) is 0. The molecule has 1 aromatic rings. The molecule has 29 heavy (non-hydrogen) atoms. The van der Waals surface area contributed by atoms with Crippen molar-refractivity contribution in [2.24, 2.45) is 5.92 Å². The molecule has 0 bridgehead atoms. The summed E-state index contributed by atoms with van der Waals surface area (Å²) in [6, 6.07) is 10.3. The minimum atomic E-state index is -1.72. The molecule has 0 aliphatic carbocycles. The summed E-state index contributed by atoms with van der Waals surface area (Å²) in [5.74, 6) is 0.348. The Bertz CT molecular complexity index is 564. The highest BCUT2D eigenvalue weighted by atomic mass is 28.4. The van der Waals surface area contributed by atoms with E-state index in [4.69, 9.17) is 18.6 Å². The van der Waals surface area contributed by atoms with Crippen molar-refractivity contribution in [1.29, 1.82) is 0 Å². The quantitative estimate of drug-likeness (QED) is 0.400. The normalized spacial score (nSPS) is 20.4. The first kappa shape index (κ1) is 24.5.